The number of hydrogen-bond donors (Lipinski definition) is 0. The maximum Gasteiger partial charge on any atom is 0.129 e. The van der Waals surface area contributed by atoms with Crippen molar-refractivity contribution in [2.75, 3.05) is 11.9 Å². The largest absolute Gasteiger partial charge is 0.369 e. The summed E-state index contributed by atoms with van der Waals surface area (Å²) in [6, 6.07) is 9.68. The van der Waals surface area contributed by atoms with Crippen LogP contribution in [0.4, 0.5) is 10.1 Å². The van der Waals surface area contributed by atoms with E-state index in [1.807, 2.05) is 18.0 Å². The van der Waals surface area contributed by atoms with Crippen LogP contribution in [-0.2, 0) is 6.54 Å². The SMILES string of the molecule is CN(Cc1nc(Cl)ccc1Cl)c1cccc(F)c1. The zero-order valence-corrected chi connectivity index (χ0v) is 11.2. The fraction of sp³-hybridized carbons (Fsp3) is 0.154. The van der Waals surface area contributed by atoms with Crippen LogP contribution in [0.25, 0.3) is 0 Å². The number of aromatic nitrogens is 1. The molecule has 0 spiro atoms. The number of hydrogen-bond acceptors (Lipinski definition) is 2. The topological polar surface area (TPSA) is 16.1 Å². The molecule has 0 fully saturated rings. The Labute approximate surface area is 115 Å². The first kappa shape index (κ1) is 13.1. The van der Waals surface area contributed by atoms with Crippen molar-refractivity contribution in [3.63, 3.8) is 0 Å². The number of pyridine rings is 1. The lowest BCUT2D eigenvalue weighted by Crippen LogP contribution is -2.17. The molecule has 94 valence electrons. The second kappa shape index (κ2) is 5.55. The van der Waals surface area contributed by atoms with E-state index in [9.17, 15) is 4.39 Å². The summed E-state index contributed by atoms with van der Waals surface area (Å²) < 4.78 is 13.1. The maximum absolute atomic E-state index is 13.1. The van der Waals surface area contributed by atoms with Gasteiger partial charge in [0.05, 0.1) is 17.3 Å². The normalized spacial score (nSPS) is 10.4. The van der Waals surface area contributed by atoms with Gasteiger partial charge in [-0.1, -0.05) is 29.3 Å². The lowest BCUT2D eigenvalue weighted by atomic mass is 10.2. The van der Waals surface area contributed by atoms with Gasteiger partial charge in [0, 0.05) is 12.7 Å². The highest BCUT2D eigenvalue weighted by Gasteiger charge is 2.08. The van der Waals surface area contributed by atoms with Crippen LogP contribution in [0.15, 0.2) is 36.4 Å². The molecule has 0 amide bonds. The Balaban J connectivity index is 2.21. The van der Waals surface area contributed by atoms with E-state index in [0.29, 0.717) is 22.4 Å². The standard InChI is InChI=1S/C13H11Cl2FN2/c1-18(10-4-2-3-9(16)7-10)8-12-11(14)5-6-13(15)17-12/h2-7H,8H2,1H3. The van der Waals surface area contributed by atoms with E-state index >= 15 is 0 Å². The molecule has 0 bridgehead atoms. The third-order valence-corrected chi connectivity index (χ3v) is 3.08. The molecule has 0 N–H and O–H groups in total. The van der Waals surface area contributed by atoms with Gasteiger partial charge in [0.2, 0.25) is 0 Å². The van der Waals surface area contributed by atoms with Gasteiger partial charge in [-0.15, -0.1) is 0 Å². The first-order valence-corrected chi connectivity index (χ1v) is 6.09. The molecule has 1 aromatic heterocycles. The fourth-order valence-corrected chi connectivity index (χ4v) is 1.93. The van der Waals surface area contributed by atoms with Crippen molar-refractivity contribution >= 4 is 28.9 Å². The molecular formula is C13H11Cl2FN2. The fourth-order valence-electron chi connectivity index (χ4n) is 1.60. The summed E-state index contributed by atoms with van der Waals surface area (Å²) in [5.41, 5.74) is 1.42. The molecule has 0 aliphatic heterocycles. The van der Waals surface area contributed by atoms with Crippen LogP contribution in [0.5, 0.6) is 0 Å². The Morgan fingerprint density at radius 2 is 2.00 bits per heavy atom. The molecule has 0 saturated heterocycles. The van der Waals surface area contributed by atoms with E-state index < -0.39 is 0 Å². The summed E-state index contributed by atoms with van der Waals surface area (Å²) >= 11 is 11.9. The Morgan fingerprint density at radius 1 is 1.22 bits per heavy atom. The van der Waals surface area contributed by atoms with E-state index in [2.05, 4.69) is 4.98 Å². The Morgan fingerprint density at radius 3 is 2.72 bits per heavy atom. The number of benzene rings is 1. The summed E-state index contributed by atoms with van der Waals surface area (Å²) in [6.45, 7) is 0.461. The van der Waals surface area contributed by atoms with E-state index in [1.54, 1.807) is 18.2 Å². The number of rotatable bonds is 3. The van der Waals surface area contributed by atoms with E-state index in [1.165, 1.54) is 12.1 Å². The van der Waals surface area contributed by atoms with Gasteiger partial charge in [0.1, 0.15) is 11.0 Å². The van der Waals surface area contributed by atoms with E-state index in [0.717, 1.165) is 5.69 Å². The average Bonchev–Trinajstić information content (AvgIpc) is 2.34. The molecule has 18 heavy (non-hydrogen) atoms. The van der Waals surface area contributed by atoms with Crippen LogP contribution in [0, 0.1) is 5.82 Å². The molecule has 0 unspecified atom stereocenters. The first-order valence-electron chi connectivity index (χ1n) is 5.34. The second-order valence-corrected chi connectivity index (χ2v) is 4.69. The molecule has 0 aliphatic carbocycles. The highest BCUT2D eigenvalue weighted by atomic mass is 35.5. The van der Waals surface area contributed by atoms with Gasteiger partial charge in [-0.3, -0.25) is 0 Å². The minimum Gasteiger partial charge on any atom is -0.369 e. The van der Waals surface area contributed by atoms with Crippen LogP contribution in [-0.4, -0.2) is 12.0 Å². The second-order valence-electron chi connectivity index (χ2n) is 3.90. The van der Waals surface area contributed by atoms with Gasteiger partial charge in [-0.25, -0.2) is 9.37 Å². The van der Waals surface area contributed by atoms with Crippen molar-refractivity contribution in [1.82, 2.24) is 4.98 Å². The third-order valence-electron chi connectivity index (χ3n) is 2.52. The predicted molar refractivity (Wildman–Crippen MR) is 72.8 cm³/mol. The molecule has 0 radical (unpaired) electrons. The Bertz CT molecular complexity index is 560. The van der Waals surface area contributed by atoms with Crippen LogP contribution in [0.2, 0.25) is 10.2 Å². The molecule has 0 aliphatic rings. The van der Waals surface area contributed by atoms with Crippen molar-refractivity contribution in [2.45, 2.75) is 6.54 Å². The van der Waals surface area contributed by atoms with Gasteiger partial charge < -0.3 is 4.90 Å². The number of halogens is 3. The van der Waals surface area contributed by atoms with Crippen LogP contribution in [0.3, 0.4) is 0 Å². The van der Waals surface area contributed by atoms with Gasteiger partial charge in [0.15, 0.2) is 0 Å². The zero-order chi connectivity index (χ0) is 13.1. The van der Waals surface area contributed by atoms with Crippen molar-refractivity contribution in [3.8, 4) is 0 Å². The predicted octanol–water partition coefficient (Wildman–Crippen LogP) is 4.16. The molecule has 0 saturated carbocycles. The quantitative estimate of drug-likeness (QED) is 0.787. The number of anilines is 1. The molecule has 0 atom stereocenters. The smallest absolute Gasteiger partial charge is 0.129 e. The van der Waals surface area contributed by atoms with Gasteiger partial charge in [-0.2, -0.15) is 0 Å². The number of nitrogens with zero attached hydrogens (tertiary/aromatic N) is 2. The lowest BCUT2D eigenvalue weighted by molar-refractivity contribution is 0.627. The Hall–Kier alpha value is -1.32. The molecular weight excluding hydrogens is 274 g/mol. The highest BCUT2D eigenvalue weighted by molar-refractivity contribution is 6.32. The average molecular weight is 285 g/mol. The Kier molecular flexibility index (Phi) is 4.04. The third kappa shape index (κ3) is 3.12. The molecule has 5 heteroatoms. The van der Waals surface area contributed by atoms with Crippen molar-refractivity contribution in [1.29, 1.82) is 0 Å². The zero-order valence-electron chi connectivity index (χ0n) is 9.70. The molecule has 1 aromatic carbocycles. The minimum atomic E-state index is -0.274. The molecule has 1 heterocycles. The summed E-state index contributed by atoms with van der Waals surface area (Å²) in [7, 11) is 1.84. The van der Waals surface area contributed by atoms with Crippen LogP contribution < -0.4 is 4.90 Å². The summed E-state index contributed by atoms with van der Waals surface area (Å²) in [6.07, 6.45) is 0. The monoisotopic (exact) mass is 284 g/mol. The summed E-state index contributed by atoms with van der Waals surface area (Å²) in [4.78, 5) is 6.01. The first-order chi connectivity index (χ1) is 8.56. The van der Waals surface area contributed by atoms with Gasteiger partial charge in [0.25, 0.3) is 0 Å². The van der Waals surface area contributed by atoms with Crippen molar-refractivity contribution < 1.29 is 4.39 Å². The molecule has 2 aromatic rings. The van der Waals surface area contributed by atoms with Crippen LogP contribution in [0.1, 0.15) is 5.69 Å². The van der Waals surface area contributed by atoms with Gasteiger partial charge >= 0.3 is 0 Å². The molecule has 2 rings (SSSR count). The van der Waals surface area contributed by atoms with Gasteiger partial charge in [-0.05, 0) is 30.3 Å². The molecule has 2 nitrogen and oxygen atoms in total. The maximum atomic E-state index is 13.1. The highest BCUT2D eigenvalue weighted by Crippen LogP contribution is 2.21. The van der Waals surface area contributed by atoms with Crippen LogP contribution >= 0.6 is 23.2 Å². The lowest BCUT2D eigenvalue weighted by Gasteiger charge is -2.19. The summed E-state index contributed by atoms with van der Waals surface area (Å²) in [5.74, 6) is -0.274. The summed E-state index contributed by atoms with van der Waals surface area (Å²) in [5, 5.41) is 0.935. The van der Waals surface area contributed by atoms with Crippen molar-refractivity contribution in [3.05, 3.63) is 58.1 Å². The van der Waals surface area contributed by atoms with E-state index in [-0.39, 0.29) is 5.82 Å². The van der Waals surface area contributed by atoms with Crippen molar-refractivity contribution in [2.24, 2.45) is 0 Å². The minimum absolute atomic E-state index is 0.274. The van der Waals surface area contributed by atoms with E-state index in [4.69, 9.17) is 23.2 Å².